The van der Waals surface area contributed by atoms with Crippen molar-refractivity contribution in [3.63, 3.8) is 0 Å². The van der Waals surface area contributed by atoms with Gasteiger partial charge in [0.2, 0.25) is 0 Å². The van der Waals surface area contributed by atoms with E-state index in [0.29, 0.717) is 17.4 Å². The SMILES string of the molecule is CC/C=C\C/C=C\C/C=C\C/C=C\C/C=C\CCCCCCCCCCCCCCCCCC(=O)OC(COC(=O)CCCCCCCCCCCCCCCC/C=C\C/C=C\C/C=C\C/C=C\CC)COP(=O)([O-])OCC[N+](C)(C)C. The Hall–Kier alpha value is -3.33. The standard InChI is InChI=1S/C72H126NO8P/c1-6-8-10-12-14-16-18-20-22-24-26-28-30-32-34-35-36-37-39-41-43-45-47-49-51-53-55-57-59-61-63-65-72(75)81-70(69-80-82(76,77)79-67-66-73(3,4)5)68-78-71(74)64-62-60-58-56-54-52-50-48-46-44-42-40-38-33-31-29-27-25-23-21-19-17-15-13-11-9-7-2/h8-11,14-17,20-23,26-29,32,34,70H,6-7,12-13,18-19,24-25,30-31,33,35-69H2,1-5H3/b10-8-,11-9-,16-14-,17-15-,22-20-,23-21-,28-26-,29-27-,34-32-. The van der Waals surface area contributed by atoms with E-state index in [-0.39, 0.29) is 32.0 Å². The van der Waals surface area contributed by atoms with Gasteiger partial charge in [0.1, 0.15) is 19.8 Å². The number of nitrogens with zero attached hydrogens (tertiary/aromatic N) is 1. The maximum atomic E-state index is 12.9. The Balaban J connectivity index is 4.07. The van der Waals surface area contributed by atoms with E-state index in [0.717, 1.165) is 96.3 Å². The summed E-state index contributed by atoms with van der Waals surface area (Å²) >= 11 is 0. The Bertz CT molecular complexity index is 1750. The average molecular weight is 1160 g/mol. The lowest BCUT2D eigenvalue weighted by Crippen LogP contribution is -2.37. The molecular formula is C72H126NO8P. The molecule has 0 fully saturated rings. The van der Waals surface area contributed by atoms with Gasteiger partial charge >= 0.3 is 11.9 Å². The summed E-state index contributed by atoms with van der Waals surface area (Å²) in [5.41, 5.74) is 0. The lowest BCUT2D eigenvalue weighted by atomic mass is 10.0. The van der Waals surface area contributed by atoms with E-state index in [1.165, 1.54) is 154 Å². The second-order valence-electron chi connectivity index (χ2n) is 23.4. The monoisotopic (exact) mass is 1160 g/mol. The van der Waals surface area contributed by atoms with Gasteiger partial charge in [0, 0.05) is 12.8 Å². The Morgan fingerprint density at radius 3 is 0.976 bits per heavy atom. The summed E-state index contributed by atoms with van der Waals surface area (Å²) < 4.78 is 34.3. The zero-order valence-corrected chi connectivity index (χ0v) is 54.6. The van der Waals surface area contributed by atoms with E-state index in [1.54, 1.807) is 0 Å². The van der Waals surface area contributed by atoms with Crippen LogP contribution in [0.3, 0.4) is 0 Å². The molecule has 0 saturated carbocycles. The lowest BCUT2D eigenvalue weighted by Gasteiger charge is -2.28. The van der Waals surface area contributed by atoms with E-state index < -0.39 is 26.5 Å². The van der Waals surface area contributed by atoms with Crippen molar-refractivity contribution in [2.45, 2.75) is 290 Å². The third kappa shape index (κ3) is 65.8. The van der Waals surface area contributed by atoms with Crippen LogP contribution in [-0.4, -0.2) is 70.0 Å². The molecule has 9 nitrogen and oxygen atoms in total. The van der Waals surface area contributed by atoms with E-state index in [2.05, 4.69) is 123 Å². The Labute approximate surface area is 506 Å². The summed E-state index contributed by atoms with van der Waals surface area (Å²) in [5.74, 6) is -0.830. The molecule has 82 heavy (non-hydrogen) atoms. The summed E-state index contributed by atoms with van der Waals surface area (Å²) in [6.07, 6.45) is 87.3. The van der Waals surface area contributed by atoms with Gasteiger partial charge in [0.25, 0.3) is 7.82 Å². The first-order valence-corrected chi connectivity index (χ1v) is 35.1. The van der Waals surface area contributed by atoms with Crippen LogP contribution in [0.25, 0.3) is 0 Å². The van der Waals surface area contributed by atoms with Crippen LogP contribution >= 0.6 is 7.82 Å². The van der Waals surface area contributed by atoms with Crippen molar-refractivity contribution in [1.82, 2.24) is 0 Å². The minimum absolute atomic E-state index is 0.0340. The molecule has 0 bridgehead atoms. The molecule has 0 aromatic heterocycles. The van der Waals surface area contributed by atoms with Crippen molar-refractivity contribution in [2.75, 3.05) is 47.5 Å². The van der Waals surface area contributed by atoms with Gasteiger partial charge in [-0.1, -0.05) is 284 Å². The predicted molar refractivity (Wildman–Crippen MR) is 351 cm³/mol. The van der Waals surface area contributed by atoms with E-state index in [4.69, 9.17) is 18.5 Å². The van der Waals surface area contributed by atoms with Crippen molar-refractivity contribution < 1.29 is 42.1 Å². The fourth-order valence-corrected chi connectivity index (χ4v) is 9.93. The number of unbranched alkanes of at least 4 members (excludes halogenated alkanes) is 29. The van der Waals surface area contributed by atoms with Crippen LogP contribution < -0.4 is 4.89 Å². The van der Waals surface area contributed by atoms with Crippen LogP contribution in [-0.2, 0) is 32.7 Å². The topological polar surface area (TPSA) is 111 Å². The summed E-state index contributed by atoms with van der Waals surface area (Å²) in [5, 5.41) is 0. The summed E-state index contributed by atoms with van der Waals surface area (Å²) in [7, 11) is 1.16. The van der Waals surface area contributed by atoms with Crippen LogP contribution in [0.1, 0.15) is 284 Å². The van der Waals surface area contributed by atoms with Crippen LogP contribution in [0.5, 0.6) is 0 Å². The van der Waals surface area contributed by atoms with Gasteiger partial charge in [-0.25, -0.2) is 0 Å². The number of allylic oxidation sites excluding steroid dienone is 18. The number of rotatable bonds is 61. The molecule has 0 aromatic rings. The minimum atomic E-state index is -4.65. The van der Waals surface area contributed by atoms with Gasteiger partial charge in [0.05, 0.1) is 27.7 Å². The molecule has 0 N–H and O–H groups in total. The highest BCUT2D eigenvalue weighted by Crippen LogP contribution is 2.38. The molecule has 472 valence electrons. The lowest BCUT2D eigenvalue weighted by molar-refractivity contribution is -0.870. The molecule has 0 aliphatic heterocycles. The van der Waals surface area contributed by atoms with Crippen molar-refractivity contribution in [1.29, 1.82) is 0 Å². The van der Waals surface area contributed by atoms with Gasteiger partial charge in [-0.05, 0) is 96.3 Å². The maximum Gasteiger partial charge on any atom is 0.306 e. The first-order valence-electron chi connectivity index (χ1n) is 33.6. The number of phosphoric acid groups is 1. The molecule has 0 aromatic carbocycles. The molecular weight excluding hydrogens is 1040 g/mol. The smallest absolute Gasteiger partial charge is 0.306 e. The molecule has 0 heterocycles. The second-order valence-corrected chi connectivity index (χ2v) is 24.8. The Morgan fingerprint density at radius 1 is 0.378 bits per heavy atom. The Kier molecular flexibility index (Phi) is 59.7. The van der Waals surface area contributed by atoms with Crippen LogP contribution in [0.4, 0.5) is 0 Å². The number of likely N-dealkylation sites (N-methyl/N-ethyl adjacent to an activating group) is 1. The number of carbonyl (C=O) groups is 2. The van der Waals surface area contributed by atoms with Gasteiger partial charge < -0.3 is 27.9 Å². The number of esters is 2. The van der Waals surface area contributed by atoms with Crippen LogP contribution in [0, 0.1) is 0 Å². The first-order chi connectivity index (χ1) is 40.0. The van der Waals surface area contributed by atoms with Gasteiger partial charge in [0.15, 0.2) is 6.10 Å². The third-order valence-corrected chi connectivity index (χ3v) is 15.3. The molecule has 0 aliphatic rings. The van der Waals surface area contributed by atoms with Crippen molar-refractivity contribution in [2.24, 2.45) is 0 Å². The average Bonchev–Trinajstić information content (AvgIpc) is 3.46. The summed E-state index contributed by atoms with van der Waals surface area (Å²) in [4.78, 5) is 38.0. The van der Waals surface area contributed by atoms with Gasteiger partial charge in [-0.2, -0.15) is 0 Å². The highest BCUT2D eigenvalue weighted by atomic mass is 31.2. The molecule has 0 saturated heterocycles. The highest BCUT2D eigenvalue weighted by Gasteiger charge is 2.22. The number of carbonyl (C=O) groups excluding carboxylic acids is 2. The molecule has 0 rings (SSSR count). The zero-order valence-electron chi connectivity index (χ0n) is 53.7. The van der Waals surface area contributed by atoms with E-state index >= 15 is 0 Å². The molecule has 0 amide bonds. The number of hydrogen-bond donors (Lipinski definition) is 0. The third-order valence-electron chi connectivity index (χ3n) is 14.3. The van der Waals surface area contributed by atoms with Crippen LogP contribution in [0.2, 0.25) is 0 Å². The first kappa shape index (κ1) is 78.7. The van der Waals surface area contributed by atoms with Crippen LogP contribution in [0.15, 0.2) is 109 Å². The quantitative estimate of drug-likeness (QED) is 0.0195. The normalized spacial score (nSPS) is 13.9. The van der Waals surface area contributed by atoms with Crippen molar-refractivity contribution >= 4 is 19.8 Å². The van der Waals surface area contributed by atoms with E-state index in [1.807, 2.05) is 21.1 Å². The van der Waals surface area contributed by atoms with Gasteiger partial charge in [-0.15, -0.1) is 0 Å². The molecule has 2 atom stereocenters. The summed E-state index contributed by atoms with van der Waals surface area (Å²) in [6, 6.07) is 0. The molecule has 0 aliphatic carbocycles. The second kappa shape index (κ2) is 62.2. The summed E-state index contributed by atoms with van der Waals surface area (Å²) in [6.45, 7) is 4.04. The Morgan fingerprint density at radius 2 is 0.659 bits per heavy atom. The largest absolute Gasteiger partial charge is 0.756 e. The predicted octanol–water partition coefficient (Wildman–Crippen LogP) is 21.1. The number of quaternary nitrogens is 1. The molecule has 0 spiro atoms. The molecule has 0 radical (unpaired) electrons. The maximum absolute atomic E-state index is 12.9. The van der Waals surface area contributed by atoms with Gasteiger partial charge in [-0.3, -0.25) is 14.2 Å². The number of hydrogen-bond acceptors (Lipinski definition) is 8. The van der Waals surface area contributed by atoms with Crippen molar-refractivity contribution in [3.05, 3.63) is 109 Å². The highest BCUT2D eigenvalue weighted by molar-refractivity contribution is 7.45. The molecule has 2 unspecified atom stereocenters. The number of ether oxygens (including phenoxy) is 2. The fourth-order valence-electron chi connectivity index (χ4n) is 9.21. The fraction of sp³-hybridized carbons (Fsp3) is 0.722. The zero-order chi connectivity index (χ0) is 59.8. The number of phosphoric ester groups is 1. The van der Waals surface area contributed by atoms with E-state index in [9.17, 15) is 19.0 Å². The minimum Gasteiger partial charge on any atom is -0.756 e. The molecule has 10 heteroatoms. The van der Waals surface area contributed by atoms with Crippen molar-refractivity contribution in [3.8, 4) is 0 Å².